The molecule has 0 unspecified atom stereocenters. The fourth-order valence-corrected chi connectivity index (χ4v) is 1.47. The number of hydrogen-bond donors (Lipinski definition) is 2. The van der Waals surface area contributed by atoms with E-state index in [1.54, 1.807) is 6.07 Å². The number of nitrogens with two attached hydrogens (primary N) is 1. The molecule has 0 aliphatic heterocycles. The third-order valence-corrected chi connectivity index (χ3v) is 2.48. The van der Waals surface area contributed by atoms with Crippen molar-refractivity contribution in [3.05, 3.63) is 29.3 Å². The lowest BCUT2D eigenvalue weighted by Crippen LogP contribution is -1.98. The quantitative estimate of drug-likeness (QED) is 0.614. The van der Waals surface area contributed by atoms with E-state index in [1.807, 2.05) is 0 Å². The predicted octanol–water partition coefficient (Wildman–Crippen LogP) is 1.60. The molecule has 0 saturated carbocycles. The predicted molar refractivity (Wildman–Crippen MR) is 67.8 cm³/mol. The summed E-state index contributed by atoms with van der Waals surface area (Å²) in [6.07, 6.45) is 0. The van der Waals surface area contributed by atoms with Gasteiger partial charge in [0.1, 0.15) is 0 Å². The number of anilines is 1. The zero-order valence-electron chi connectivity index (χ0n) is 9.19. The number of carbonyl (C=O) groups excluding carboxylic acids is 1. The summed E-state index contributed by atoms with van der Waals surface area (Å²) in [6, 6.07) is 4.42. The smallest absolute Gasteiger partial charge is 0.335 e. The van der Waals surface area contributed by atoms with Gasteiger partial charge in [-0.05, 0) is 18.2 Å². The van der Waals surface area contributed by atoms with E-state index >= 15 is 0 Å². The van der Waals surface area contributed by atoms with Crippen LogP contribution >= 0.6 is 11.8 Å². The molecule has 0 spiro atoms. The zero-order valence-corrected chi connectivity index (χ0v) is 10.0. The van der Waals surface area contributed by atoms with Crippen molar-refractivity contribution in [1.29, 1.82) is 0 Å². The van der Waals surface area contributed by atoms with Gasteiger partial charge in [0.15, 0.2) is 5.12 Å². The Hall–Kier alpha value is -1.93. The van der Waals surface area contributed by atoms with E-state index in [4.69, 9.17) is 10.8 Å². The molecule has 17 heavy (non-hydrogen) atoms. The standard InChI is InChI=1S/C12H11NO3S/c1-8(14)17-4-2-3-9-5-10(12(15)16)7-11(13)6-9/h5-7H,4,13H2,1H3,(H,15,16). The first-order valence-corrected chi connectivity index (χ1v) is 5.73. The van der Waals surface area contributed by atoms with Crippen LogP contribution in [-0.4, -0.2) is 21.9 Å². The summed E-state index contributed by atoms with van der Waals surface area (Å²) >= 11 is 1.11. The van der Waals surface area contributed by atoms with Crippen LogP contribution in [0.1, 0.15) is 22.8 Å². The Morgan fingerprint density at radius 2 is 2.12 bits per heavy atom. The molecule has 3 N–H and O–H groups in total. The van der Waals surface area contributed by atoms with Crippen molar-refractivity contribution in [1.82, 2.24) is 0 Å². The van der Waals surface area contributed by atoms with Gasteiger partial charge in [-0.2, -0.15) is 0 Å². The molecule has 0 aromatic heterocycles. The van der Waals surface area contributed by atoms with E-state index in [2.05, 4.69) is 11.8 Å². The summed E-state index contributed by atoms with van der Waals surface area (Å²) in [5.41, 5.74) is 6.55. The number of hydrogen-bond acceptors (Lipinski definition) is 4. The normalized spacial score (nSPS) is 9.24. The van der Waals surface area contributed by atoms with Crippen molar-refractivity contribution in [2.45, 2.75) is 6.92 Å². The molecule has 0 saturated heterocycles. The van der Waals surface area contributed by atoms with Gasteiger partial charge in [-0.3, -0.25) is 4.79 Å². The van der Waals surface area contributed by atoms with Crippen LogP contribution in [0.25, 0.3) is 0 Å². The van der Waals surface area contributed by atoms with Crippen LogP contribution in [0.2, 0.25) is 0 Å². The maximum Gasteiger partial charge on any atom is 0.335 e. The van der Waals surface area contributed by atoms with Crippen molar-refractivity contribution in [2.24, 2.45) is 0 Å². The Morgan fingerprint density at radius 1 is 1.41 bits per heavy atom. The molecular formula is C12H11NO3S. The highest BCUT2D eigenvalue weighted by molar-refractivity contribution is 8.13. The SMILES string of the molecule is CC(=O)SCC#Cc1cc(N)cc(C(=O)O)c1. The lowest BCUT2D eigenvalue weighted by atomic mass is 10.1. The molecule has 5 heteroatoms. The van der Waals surface area contributed by atoms with E-state index in [1.165, 1.54) is 19.1 Å². The van der Waals surface area contributed by atoms with E-state index in [0.29, 0.717) is 17.0 Å². The average Bonchev–Trinajstić information content (AvgIpc) is 2.23. The molecule has 0 amide bonds. The molecule has 1 rings (SSSR count). The van der Waals surface area contributed by atoms with Gasteiger partial charge < -0.3 is 10.8 Å². The molecule has 0 aliphatic carbocycles. The van der Waals surface area contributed by atoms with Crippen molar-refractivity contribution >= 4 is 28.5 Å². The lowest BCUT2D eigenvalue weighted by Gasteiger charge is -1.98. The third-order valence-electron chi connectivity index (χ3n) is 1.78. The van der Waals surface area contributed by atoms with Gasteiger partial charge in [-0.1, -0.05) is 23.6 Å². The Labute approximate surface area is 103 Å². The fraction of sp³-hybridized carbons (Fsp3) is 0.167. The van der Waals surface area contributed by atoms with Gasteiger partial charge >= 0.3 is 5.97 Å². The Kier molecular flexibility index (Phi) is 4.61. The van der Waals surface area contributed by atoms with Crippen LogP contribution in [0.5, 0.6) is 0 Å². The molecule has 0 atom stereocenters. The number of rotatable bonds is 2. The molecule has 0 fully saturated rings. The minimum absolute atomic E-state index is 0.00176. The summed E-state index contributed by atoms with van der Waals surface area (Å²) in [5, 5.41) is 8.82. The molecule has 0 bridgehead atoms. The monoisotopic (exact) mass is 249 g/mol. The van der Waals surface area contributed by atoms with E-state index in [-0.39, 0.29) is 10.7 Å². The van der Waals surface area contributed by atoms with Gasteiger partial charge in [0, 0.05) is 18.2 Å². The van der Waals surface area contributed by atoms with E-state index < -0.39 is 5.97 Å². The van der Waals surface area contributed by atoms with Crippen LogP contribution < -0.4 is 5.73 Å². The topological polar surface area (TPSA) is 80.4 Å². The van der Waals surface area contributed by atoms with E-state index in [0.717, 1.165) is 11.8 Å². The van der Waals surface area contributed by atoms with Crippen LogP contribution in [0, 0.1) is 11.8 Å². The number of thioether (sulfide) groups is 1. The fourth-order valence-electron chi connectivity index (χ4n) is 1.12. The average molecular weight is 249 g/mol. The van der Waals surface area contributed by atoms with Crippen molar-refractivity contribution in [3.63, 3.8) is 0 Å². The summed E-state index contributed by atoms with van der Waals surface area (Å²) in [4.78, 5) is 21.4. The zero-order chi connectivity index (χ0) is 12.8. The number of carbonyl (C=O) groups is 2. The number of benzene rings is 1. The highest BCUT2D eigenvalue weighted by atomic mass is 32.2. The first-order chi connectivity index (χ1) is 7.99. The van der Waals surface area contributed by atoms with Gasteiger partial charge in [0.2, 0.25) is 0 Å². The first-order valence-electron chi connectivity index (χ1n) is 4.75. The van der Waals surface area contributed by atoms with Crippen molar-refractivity contribution < 1.29 is 14.7 Å². The maximum absolute atomic E-state index is 10.8. The number of nitrogen functional groups attached to an aromatic ring is 1. The lowest BCUT2D eigenvalue weighted by molar-refractivity contribution is -0.109. The van der Waals surface area contributed by atoms with E-state index in [9.17, 15) is 9.59 Å². The molecule has 0 aliphatic rings. The Morgan fingerprint density at radius 3 is 2.71 bits per heavy atom. The maximum atomic E-state index is 10.8. The van der Waals surface area contributed by atoms with Crippen molar-refractivity contribution in [2.75, 3.05) is 11.5 Å². The number of carboxylic acid groups (broad SMARTS) is 1. The van der Waals surface area contributed by atoms with Crippen LogP contribution in [-0.2, 0) is 4.79 Å². The second kappa shape index (κ2) is 5.97. The second-order valence-electron chi connectivity index (χ2n) is 3.23. The van der Waals surface area contributed by atoms with Gasteiger partial charge in [-0.15, -0.1) is 0 Å². The largest absolute Gasteiger partial charge is 0.478 e. The van der Waals surface area contributed by atoms with Crippen LogP contribution in [0.15, 0.2) is 18.2 Å². The number of aromatic carboxylic acids is 1. The van der Waals surface area contributed by atoms with Crippen LogP contribution in [0.4, 0.5) is 5.69 Å². The van der Waals surface area contributed by atoms with Crippen molar-refractivity contribution in [3.8, 4) is 11.8 Å². The van der Waals surface area contributed by atoms with Gasteiger partial charge in [-0.25, -0.2) is 4.79 Å². The minimum atomic E-state index is -1.04. The Balaban J connectivity index is 2.84. The van der Waals surface area contributed by atoms with Gasteiger partial charge in [0.05, 0.1) is 11.3 Å². The molecule has 0 radical (unpaired) electrons. The summed E-state index contributed by atoms with van der Waals surface area (Å²) in [5.74, 6) is 4.88. The molecule has 1 aromatic carbocycles. The summed E-state index contributed by atoms with van der Waals surface area (Å²) < 4.78 is 0. The summed E-state index contributed by atoms with van der Waals surface area (Å²) in [6.45, 7) is 1.47. The molecule has 0 heterocycles. The highest BCUT2D eigenvalue weighted by Crippen LogP contribution is 2.11. The molecule has 88 valence electrons. The number of carboxylic acids is 1. The first kappa shape index (κ1) is 13.1. The van der Waals surface area contributed by atoms with Gasteiger partial charge in [0.25, 0.3) is 0 Å². The third kappa shape index (κ3) is 4.62. The minimum Gasteiger partial charge on any atom is -0.478 e. The highest BCUT2D eigenvalue weighted by Gasteiger charge is 2.04. The van der Waals surface area contributed by atoms with Crippen LogP contribution in [0.3, 0.4) is 0 Å². The second-order valence-corrected chi connectivity index (χ2v) is 4.38. The molecular weight excluding hydrogens is 238 g/mol. The molecule has 4 nitrogen and oxygen atoms in total. The molecule has 1 aromatic rings. The summed E-state index contributed by atoms with van der Waals surface area (Å²) in [7, 11) is 0. The Bertz CT molecular complexity index is 514.